The average Bonchev–Trinajstić information content (AvgIpc) is 2.29. The average molecular weight is 230 g/mol. The molecule has 0 aliphatic carbocycles. The van der Waals surface area contributed by atoms with Crippen LogP contribution in [0.3, 0.4) is 0 Å². The van der Waals surface area contributed by atoms with Crippen molar-refractivity contribution in [1.29, 1.82) is 0 Å². The van der Waals surface area contributed by atoms with Gasteiger partial charge in [-0.1, -0.05) is 13.8 Å². The SMILES string of the molecule is CCSCCN(CC)CC1CCNCC1. The number of piperidine rings is 1. The third-order valence-corrected chi connectivity index (χ3v) is 4.06. The fourth-order valence-corrected chi connectivity index (χ4v) is 2.82. The summed E-state index contributed by atoms with van der Waals surface area (Å²) in [5.74, 6) is 3.50. The van der Waals surface area contributed by atoms with Gasteiger partial charge >= 0.3 is 0 Å². The summed E-state index contributed by atoms with van der Waals surface area (Å²) in [5.41, 5.74) is 0. The molecule has 1 aliphatic rings. The van der Waals surface area contributed by atoms with Crippen LogP contribution in [0.1, 0.15) is 26.7 Å². The second-order valence-electron chi connectivity index (χ2n) is 4.28. The van der Waals surface area contributed by atoms with Crippen molar-refractivity contribution >= 4 is 11.8 Å². The smallest absolute Gasteiger partial charge is 0.00723 e. The van der Waals surface area contributed by atoms with Crippen molar-refractivity contribution < 1.29 is 0 Å². The minimum Gasteiger partial charge on any atom is -0.317 e. The summed E-state index contributed by atoms with van der Waals surface area (Å²) in [4.78, 5) is 2.62. The van der Waals surface area contributed by atoms with Gasteiger partial charge in [0.2, 0.25) is 0 Å². The van der Waals surface area contributed by atoms with E-state index < -0.39 is 0 Å². The van der Waals surface area contributed by atoms with Crippen molar-refractivity contribution in [3.8, 4) is 0 Å². The normalized spacial score (nSPS) is 18.6. The zero-order valence-corrected chi connectivity index (χ0v) is 11.1. The summed E-state index contributed by atoms with van der Waals surface area (Å²) >= 11 is 2.06. The predicted octanol–water partition coefficient (Wildman–Crippen LogP) is 2.06. The monoisotopic (exact) mass is 230 g/mol. The Hall–Kier alpha value is 0.270. The molecule has 0 atom stereocenters. The number of hydrogen-bond donors (Lipinski definition) is 1. The molecule has 1 aliphatic heterocycles. The van der Waals surface area contributed by atoms with E-state index in [2.05, 4.69) is 35.8 Å². The lowest BCUT2D eigenvalue weighted by Crippen LogP contribution is -2.37. The van der Waals surface area contributed by atoms with Crippen molar-refractivity contribution in [2.24, 2.45) is 5.92 Å². The summed E-state index contributed by atoms with van der Waals surface area (Å²) in [6.07, 6.45) is 2.74. The molecule has 0 aromatic carbocycles. The maximum atomic E-state index is 3.44. The molecule has 0 bridgehead atoms. The van der Waals surface area contributed by atoms with Crippen LogP contribution in [-0.2, 0) is 0 Å². The molecule has 90 valence electrons. The Morgan fingerprint density at radius 3 is 2.60 bits per heavy atom. The third kappa shape index (κ3) is 5.79. The van der Waals surface area contributed by atoms with Crippen LogP contribution in [0.4, 0.5) is 0 Å². The van der Waals surface area contributed by atoms with E-state index in [1.807, 2.05) is 0 Å². The maximum Gasteiger partial charge on any atom is 0.00723 e. The van der Waals surface area contributed by atoms with E-state index in [1.165, 1.54) is 57.1 Å². The Labute approximate surface area is 99.2 Å². The van der Waals surface area contributed by atoms with Gasteiger partial charge in [-0.3, -0.25) is 0 Å². The molecule has 0 aromatic heterocycles. The molecule has 1 rings (SSSR count). The van der Waals surface area contributed by atoms with Crippen molar-refractivity contribution in [2.45, 2.75) is 26.7 Å². The van der Waals surface area contributed by atoms with Gasteiger partial charge in [0.05, 0.1) is 0 Å². The fourth-order valence-electron chi connectivity index (χ4n) is 2.15. The van der Waals surface area contributed by atoms with Crippen molar-refractivity contribution in [1.82, 2.24) is 10.2 Å². The zero-order chi connectivity index (χ0) is 10.9. The second-order valence-corrected chi connectivity index (χ2v) is 5.68. The van der Waals surface area contributed by atoms with E-state index >= 15 is 0 Å². The molecule has 0 aromatic rings. The van der Waals surface area contributed by atoms with Gasteiger partial charge in [-0.15, -0.1) is 0 Å². The van der Waals surface area contributed by atoms with Crippen molar-refractivity contribution in [2.75, 3.05) is 44.2 Å². The Kier molecular flexibility index (Phi) is 7.49. The lowest BCUT2D eigenvalue weighted by atomic mass is 9.97. The molecule has 3 heteroatoms. The van der Waals surface area contributed by atoms with Gasteiger partial charge in [0, 0.05) is 18.8 Å². The van der Waals surface area contributed by atoms with Gasteiger partial charge in [-0.2, -0.15) is 11.8 Å². The van der Waals surface area contributed by atoms with Gasteiger partial charge in [0.15, 0.2) is 0 Å². The lowest BCUT2D eigenvalue weighted by Gasteiger charge is -2.29. The Morgan fingerprint density at radius 1 is 1.27 bits per heavy atom. The largest absolute Gasteiger partial charge is 0.317 e. The molecule has 1 fully saturated rings. The molecule has 2 nitrogen and oxygen atoms in total. The van der Waals surface area contributed by atoms with Crippen LogP contribution in [0.5, 0.6) is 0 Å². The predicted molar refractivity (Wildman–Crippen MR) is 70.7 cm³/mol. The highest BCUT2D eigenvalue weighted by atomic mass is 32.2. The van der Waals surface area contributed by atoms with E-state index in [0.717, 1.165) is 5.92 Å². The molecule has 15 heavy (non-hydrogen) atoms. The Balaban J connectivity index is 2.13. The first-order chi connectivity index (χ1) is 7.36. The number of thioether (sulfide) groups is 1. The molecule has 0 radical (unpaired) electrons. The fraction of sp³-hybridized carbons (Fsp3) is 1.00. The summed E-state index contributed by atoms with van der Waals surface area (Å²) < 4.78 is 0. The van der Waals surface area contributed by atoms with Gasteiger partial charge in [0.25, 0.3) is 0 Å². The van der Waals surface area contributed by atoms with Crippen LogP contribution in [0.15, 0.2) is 0 Å². The van der Waals surface area contributed by atoms with Crippen LogP contribution in [0.2, 0.25) is 0 Å². The molecular formula is C12H26N2S. The van der Waals surface area contributed by atoms with E-state index in [4.69, 9.17) is 0 Å². The van der Waals surface area contributed by atoms with Crippen LogP contribution < -0.4 is 5.32 Å². The van der Waals surface area contributed by atoms with Crippen LogP contribution in [0, 0.1) is 5.92 Å². The van der Waals surface area contributed by atoms with Gasteiger partial charge in [-0.05, 0) is 44.1 Å². The molecule has 1 N–H and O–H groups in total. The second kappa shape index (κ2) is 8.43. The maximum absolute atomic E-state index is 3.44. The first-order valence-corrected chi connectivity index (χ1v) is 7.53. The number of rotatable bonds is 7. The molecule has 0 spiro atoms. The molecule has 1 heterocycles. The quantitative estimate of drug-likeness (QED) is 0.674. The van der Waals surface area contributed by atoms with Crippen LogP contribution in [-0.4, -0.2) is 49.1 Å². The Morgan fingerprint density at radius 2 is 2.00 bits per heavy atom. The van der Waals surface area contributed by atoms with Gasteiger partial charge < -0.3 is 10.2 Å². The standard InChI is InChI=1S/C12H26N2S/c1-3-14(9-10-15-4-2)11-12-5-7-13-8-6-12/h12-13H,3-11H2,1-2H3. The van der Waals surface area contributed by atoms with E-state index in [9.17, 15) is 0 Å². The highest BCUT2D eigenvalue weighted by Gasteiger charge is 2.15. The first kappa shape index (κ1) is 13.3. The summed E-state index contributed by atoms with van der Waals surface area (Å²) in [6.45, 7) is 10.8. The van der Waals surface area contributed by atoms with E-state index in [0.29, 0.717) is 0 Å². The summed E-state index contributed by atoms with van der Waals surface area (Å²) in [5, 5.41) is 3.44. The lowest BCUT2D eigenvalue weighted by molar-refractivity contribution is 0.223. The highest BCUT2D eigenvalue weighted by Crippen LogP contribution is 2.13. The van der Waals surface area contributed by atoms with E-state index in [1.54, 1.807) is 0 Å². The molecule has 0 amide bonds. The molecule has 0 unspecified atom stereocenters. The number of nitrogens with one attached hydrogen (secondary N) is 1. The van der Waals surface area contributed by atoms with Crippen molar-refractivity contribution in [3.63, 3.8) is 0 Å². The minimum atomic E-state index is 0.942. The van der Waals surface area contributed by atoms with E-state index in [-0.39, 0.29) is 0 Å². The molecule has 1 saturated heterocycles. The number of hydrogen-bond acceptors (Lipinski definition) is 3. The van der Waals surface area contributed by atoms with Crippen LogP contribution >= 0.6 is 11.8 Å². The van der Waals surface area contributed by atoms with Crippen molar-refractivity contribution in [3.05, 3.63) is 0 Å². The molecule has 0 saturated carbocycles. The topological polar surface area (TPSA) is 15.3 Å². The Bertz CT molecular complexity index is 147. The van der Waals surface area contributed by atoms with Crippen LogP contribution in [0.25, 0.3) is 0 Å². The highest BCUT2D eigenvalue weighted by molar-refractivity contribution is 7.99. The van der Waals surface area contributed by atoms with Gasteiger partial charge in [-0.25, -0.2) is 0 Å². The first-order valence-electron chi connectivity index (χ1n) is 6.37. The molecular weight excluding hydrogens is 204 g/mol. The minimum absolute atomic E-state index is 0.942. The zero-order valence-electron chi connectivity index (χ0n) is 10.3. The summed E-state index contributed by atoms with van der Waals surface area (Å²) in [6, 6.07) is 0. The number of nitrogens with zero attached hydrogens (tertiary/aromatic N) is 1. The van der Waals surface area contributed by atoms with Gasteiger partial charge in [0.1, 0.15) is 0 Å². The third-order valence-electron chi connectivity index (χ3n) is 3.18. The summed E-state index contributed by atoms with van der Waals surface area (Å²) in [7, 11) is 0.